The highest BCUT2D eigenvalue weighted by Crippen LogP contribution is 2.24. The molecule has 0 aromatic heterocycles. The summed E-state index contributed by atoms with van der Waals surface area (Å²) in [4.78, 5) is 0. The summed E-state index contributed by atoms with van der Waals surface area (Å²) >= 11 is 3.46. The number of halogens is 1. The van der Waals surface area contributed by atoms with Gasteiger partial charge in [0.2, 0.25) is 0 Å². The molecule has 1 saturated carbocycles. The Bertz CT molecular complexity index is 342. The summed E-state index contributed by atoms with van der Waals surface area (Å²) < 4.78 is 1.12. The molecule has 1 aromatic rings. The van der Waals surface area contributed by atoms with Crippen LogP contribution in [-0.4, -0.2) is 17.8 Å². The summed E-state index contributed by atoms with van der Waals surface area (Å²) in [6.45, 7) is 1.80. The zero-order valence-corrected chi connectivity index (χ0v) is 10.9. The Hall–Kier alpha value is -0.380. The number of aliphatic hydroxyl groups excluding tert-OH is 1. The largest absolute Gasteiger partial charge is 0.393 e. The predicted molar refractivity (Wildman–Crippen MR) is 69.2 cm³/mol. The van der Waals surface area contributed by atoms with Crippen molar-refractivity contribution in [2.75, 3.05) is 6.54 Å². The minimum absolute atomic E-state index is 0.0880. The second-order valence-electron chi connectivity index (χ2n) is 4.52. The van der Waals surface area contributed by atoms with E-state index in [1.165, 1.54) is 12.0 Å². The molecule has 2 N–H and O–H groups in total. The van der Waals surface area contributed by atoms with Gasteiger partial charge in [0.05, 0.1) is 6.10 Å². The quantitative estimate of drug-likeness (QED) is 0.891. The van der Waals surface area contributed by atoms with Gasteiger partial charge in [-0.3, -0.25) is 0 Å². The number of nitrogens with one attached hydrogen (secondary N) is 1. The van der Waals surface area contributed by atoms with Crippen LogP contribution < -0.4 is 5.32 Å². The van der Waals surface area contributed by atoms with Crippen molar-refractivity contribution >= 4 is 15.9 Å². The summed E-state index contributed by atoms with van der Waals surface area (Å²) in [5.74, 6) is 0.451. The van der Waals surface area contributed by atoms with E-state index in [1.807, 2.05) is 12.1 Å². The molecule has 0 aliphatic heterocycles. The standard InChI is InChI=1S/C13H18BrNO/c14-12-5-1-3-10(7-12)8-15-9-11-4-2-6-13(11)16/h1,3,5,7,11,13,15-16H,2,4,6,8-9H2. The van der Waals surface area contributed by atoms with E-state index in [4.69, 9.17) is 0 Å². The van der Waals surface area contributed by atoms with Crippen LogP contribution in [0, 0.1) is 5.92 Å². The highest BCUT2D eigenvalue weighted by atomic mass is 79.9. The second kappa shape index (κ2) is 5.80. The van der Waals surface area contributed by atoms with E-state index < -0.39 is 0 Å². The van der Waals surface area contributed by atoms with Gasteiger partial charge >= 0.3 is 0 Å². The average Bonchev–Trinajstić information content (AvgIpc) is 2.65. The van der Waals surface area contributed by atoms with E-state index in [2.05, 4.69) is 33.4 Å². The minimum Gasteiger partial charge on any atom is -0.393 e. The van der Waals surface area contributed by atoms with Crippen molar-refractivity contribution in [3.63, 3.8) is 0 Å². The summed E-state index contributed by atoms with van der Waals surface area (Å²) in [5, 5.41) is 13.1. The Morgan fingerprint density at radius 3 is 2.94 bits per heavy atom. The lowest BCUT2D eigenvalue weighted by Crippen LogP contribution is -2.27. The van der Waals surface area contributed by atoms with Crippen LogP contribution in [0.25, 0.3) is 0 Å². The van der Waals surface area contributed by atoms with E-state index in [0.29, 0.717) is 5.92 Å². The Morgan fingerprint density at radius 1 is 1.38 bits per heavy atom. The molecule has 1 aliphatic carbocycles. The molecule has 0 radical (unpaired) electrons. The molecule has 1 aromatic carbocycles. The van der Waals surface area contributed by atoms with Gasteiger partial charge in [-0.05, 0) is 36.5 Å². The highest BCUT2D eigenvalue weighted by molar-refractivity contribution is 9.10. The summed E-state index contributed by atoms with van der Waals surface area (Å²) in [7, 11) is 0. The molecule has 0 saturated heterocycles. The van der Waals surface area contributed by atoms with Crippen molar-refractivity contribution in [3.05, 3.63) is 34.3 Å². The third-order valence-electron chi connectivity index (χ3n) is 3.24. The Kier molecular flexibility index (Phi) is 4.38. The van der Waals surface area contributed by atoms with Gasteiger partial charge in [0.25, 0.3) is 0 Å². The molecule has 16 heavy (non-hydrogen) atoms. The van der Waals surface area contributed by atoms with Crippen LogP contribution in [0.4, 0.5) is 0 Å². The first kappa shape index (κ1) is 12.1. The number of hydrogen-bond acceptors (Lipinski definition) is 2. The van der Waals surface area contributed by atoms with E-state index in [1.54, 1.807) is 0 Å². The highest BCUT2D eigenvalue weighted by Gasteiger charge is 2.24. The van der Waals surface area contributed by atoms with Crippen molar-refractivity contribution in [3.8, 4) is 0 Å². The van der Waals surface area contributed by atoms with Gasteiger partial charge in [0.15, 0.2) is 0 Å². The number of hydrogen-bond donors (Lipinski definition) is 2. The lowest BCUT2D eigenvalue weighted by molar-refractivity contribution is 0.131. The Morgan fingerprint density at radius 2 is 2.25 bits per heavy atom. The topological polar surface area (TPSA) is 32.3 Å². The van der Waals surface area contributed by atoms with Crippen LogP contribution in [0.2, 0.25) is 0 Å². The van der Waals surface area contributed by atoms with Gasteiger partial charge in [-0.2, -0.15) is 0 Å². The molecule has 2 unspecified atom stereocenters. The zero-order chi connectivity index (χ0) is 11.4. The third kappa shape index (κ3) is 3.30. The summed E-state index contributed by atoms with van der Waals surface area (Å²) in [6, 6.07) is 8.32. The monoisotopic (exact) mass is 283 g/mol. The van der Waals surface area contributed by atoms with Crippen molar-refractivity contribution in [1.82, 2.24) is 5.32 Å². The maximum Gasteiger partial charge on any atom is 0.0580 e. The maximum atomic E-state index is 9.68. The first-order valence-corrected chi connectivity index (χ1v) is 6.68. The predicted octanol–water partition coefficient (Wildman–Crippen LogP) is 2.70. The second-order valence-corrected chi connectivity index (χ2v) is 5.43. The van der Waals surface area contributed by atoms with Gasteiger partial charge in [-0.15, -0.1) is 0 Å². The van der Waals surface area contributed by atoms with Crippen LogP contribution in [0.1, 0.15) is 24.8 Å². The smallest absolute Gasteiger partial charge is 0.0580 e. The zero-order valence-electron chi connectivity index (χ0n) is 9.32. The maximum absolute atomic E-state index is 9.68. The van der Waals surface area contributed by atoms with Crippen LogP contribution in [0.3, 0.4) is 0 Å². The fourth-order valence-electron chi connectivity index (χ4n) is 2.30. The normalized spacial score (nSPS) is 24.9. The molecule has 0 spiro atoms. The van der Waals surface area contributed by atoms with Gasteiger partial charge in [0.1, 0.15) is 0 Å². The third-order valence-corrected chi connectivity index (χ3v) is 3.74. The van der Waals surface area contributed by atoms with E-state index in [-0.39, 0.29) is 6.10 Å². The molecule has 0 bridgehead atoms. The molecule has 2 rings (SSSR count). The van der Waals surface area contributed by atoms with Gasteiger partial charge < -0.3 is 10.4 Å². The van der Waals surface area contributed by atoms with Gasteiger partial charge in [-0.1, -0.05) is 34.5 Å². The van der Waals surface area contributed by atoms with Crippen LogP contribution in [0.15, 0.2) is 28.7 Å². The molecule has 1 fully saturated rings. The summed E-state index contributed by atoms with van der Waals surface area (Å²) in [6.07, 6.45) is 3.22. The van der Waals surface area contributed by atoms with Crippen molar-refractivity contribution in [1.29, 1.82) is 0 Å². The van der Waals surface area contributed by atoms with E-state index in [9.17, 15) is 5.11 Å². The molecule has 88 valence electrons. The molecule has 0 amide bonds. The number of benzene rings is 1. The minimum atomic E-state index is -0.0880. The molecule has 3 heteroatoms. The van der Waals surface area contributed by atoms with Crippen molar-refractivity contribution in [2.24, 2.45) is 5.92 Å². The molecule has 2 atom stereocenters. The van der Waals surface area contributed by atoms with Crippen molar-refractivity contribution < 1.29 is 5.11 Å². The van der Waals surface area contributed by atoms with Crippen molar-refractivity contribution in [2.45, 2.75) is 31.9 Å². The lowest BCUT2D eigenvalue weighted by Gasteiger charge is -2.15. The first-order chi connectivity index (χ1) is 7.75. The molecular weight excluding hydrogens is 266 g/mol. The number of aliphatic hydroxyl groups is 1. The average molecular weight is 284 g/mol. The fourth-order valence-corrected chi connectivity index (χ4v) is 2.75. The van der Waals surface area contributed by atoms with Crippen LogP contribution in [0.5, 0.6) is 0 Å². The van der Waals surface area contributed by atoms with E-state index in [0.717, 1.165) is 30.4 Å². The number of rotatable bonds is 4. The van der Waals surface area contributed by atoms with E-state index >= 15 is 0 Å². The molecule has 0 heterocycles. The summed E-state index contributed by atoms with van der Waals surface area (Å²) in [5.41, 5.74) is 1.28. The fraction of sp³-hybridized carbons (Fsp3) is 0.538. The molecule has 2 nitrogen and oxygen atoms in total. The molecule has 1 aliphatic rings. The van der Waals surface area contributed by atoms with Gasteiger partial charge in [-0.25, -0.2) is 0 Å². The first-order valence-electron chi connectivity index (χ1n) is 5.89. The van der Waals surface area contributed by atoms with Gasteiger partial charge in [0, 0.05) is 17.6 Å². The lowest BCUT2D eigenvalue weighted by atomic mass is 10.1. The Balaban J connectivity index is 1.75. The Labute approximate surface area is 105 Å². The molecular formula is C13H18BrNO. The SMILES string of the molecule is OC1CCCC1CNCc1cccc(Br)c1. The van der Waals surface area contributed by atoms with Crippen LogP contribution in [-0.2, 0) is 6.54 Å². The van der Waals surface area contributed by atoms with Crippen LogP contribution >= 0.6 is 15.9 Å².